The second kappa shape index (κ2) is 7.27. The highest BCUT2D eigenvalue weighted by Gasteiger charge is 2.12. The first-order valence-corrected chi connectivity index (χ1v) is 9.53. The molecule has 0 bridgehead atoms. The number of carbonyl (C=O) groups excluding carboxylic acids is 1. The van der Waals surface area contributed by atoms with Crippen molar-refractivity contribution in [2.24, 2.45) is 0 Å². The molecule has 0 saturated carbocycles. The first-order chi connectivity index (χ1) is 12.7. The van der Waals surface area contributed by atoms with Crippen LogP contribution in [0.3, 0.4) is 0 Å². The number of nitrogens with zero attached hydrogens (tertiary/aromatic N) is 3. The van der Waals surface area contributed by atoms with Crippen LogP contribution < -0.4 is 0 Å². The molecular weight excluding hydrogens is 370 g/mol. The second-order valence-corrected chi connectivity index (χ2v) is 7.57. The number of esters is 1. The lowest BCUT2D eigenvalue weighted by Gasteiger charge is -1.99. The Hall–Kier alpha value is -2.71. The highest BCUT2D eigenvalue weighted by molar-refractivity contribution is 8.00. The fourth-order valence-corrected chi connectivity index (χ4v) is 4.25. The van der Waals surface area contributed by atoms with E-state index in [1.54, 1.807) is 47.4 Å². The fraction of sp³-hybridized carbons (Fsp3) is 0.111. The van der Waals surface area contributed by atoms with E-state index in [1.807, 2.05) is 18.2 Å². The van der Waals surface area contributed by atoms with E-state index >= 15 is 0 Å². The minimum atomic E-state index is -0.380. The fourth-order valence-electron chi connectivity index (χ4n) is 2.34. The van der Waals surface area contributed by atoms with Crippen LogP contribution in [0.25, 0.3) is 21.7 Å². The quantitative estimate of drug-likeness (QED) is 0.373. The first kappa shape index (κ1) is 16.7. The number of hydrogen-bond donors (Lipinski definition) is 0. The molecule has 0 spiro atoms. The summed E-state index contributed by atoms with van der Waals surface area (Å²) in [6, 6.07) is 14.9. The number of methoxy groups -OCH3 is 1. The summed E-state index contributed by atoms with van der Waals surface area (Å²) in [7, 11) is 1.35. The van der Waals surface area contributed by atoms with Crippen molar-refractivity contribution in [3.63, 3.8) is 0 Å². The number of ether oxygens (including phenoxy) is 1. The zero-order valence-electron chi connectivity index (χ0n) is 13.7. The van der Waals surface area contributed by atoms with Crippen LogP contribution in [-0.4, -0.2) is 28.2 Å². The molecule has 0 saturated heterocycles. The maximum absolute atomic E-state index is 11.5. The SMILES string of the molecule is COC(=O)c1ccc(-c2nc(CSc3nc4ccccc4s3)no2)cc1. The van der Waals surface area contributed by atoms with Gasteiger partial charge >= 0.3 is 5.97 Å². The third-order valence-electron chi connectivity index (χ3n) is 3.62. The summed E-state index contributed by atoms with van der Waals surface area (Å²) >= 11 is 3.23. The van der Waals surface area contributed by atoms with Crippen molar-refractivity contribution in [3.8, 4) is 11.5 Å². The van der Waals surface area contributed by atoms with Gasteiger partial charge in [-0.3, -0.25) is 0 Å². The number of fused-ring (bicyclic) bond motifs is 1. The lowest BCUT2D eigenvalue weighted by molar-refractivity contribution is 0.0600. The van der Waals surface area contributed by atoms with E-state index in [0.29, 0.717) is 23.0 Å². The summed E-state index contributed by atoms with van der Waals surface area (Å²) < 4.78 is 12.1. The lowest BCUT2D eigenvalue weighted by atomic mass is 10.1. The van der Waals surface area contributed by atoms with E-state index in [9.17, 15) is 4.79 Å². The highest BCUT2D eigenvalue weighted by atomic mass is 32.2. The molecule has 0 N–H and O–H groups in total. The minimum Gasteiger partial charge on any atom is -0.465 e. The van der Waals surface area contributed by atoms with E-state index in [4.69, 9.17) is 4.52 Å². The predicted octanol–water partition coefficient (Wildman–Crippen LogP) is 4.43. The summed E-state index contributed by atoms with van der Waals surface area (Å²) in [5.41, 5.74) is 2.23. The number of carbonyl (C=O) groups is 1. The largest absolute Gasteiger partial charge is 0.465 e. The Kier molecular flexibility index (Phi) is 4.68. The molecule has 6 nitrogen and oxygen atoms in total. The smallest absolute Gasteiger partial charge is 0.337 e. The number of thioether (sulfide) groups is 1. The summed E-state index contributed by atoms with van der Waals surface area (Å²) in [6.45, 7) is 0. The third-order valence-corrected chi connectivity index (χ3v) is 5.80. The number of rotatable bonds is 5. The van der Waals surface area contributed by atoms with Crippen molar-refractivity contribution in [3.05, 3.63) is 59.9 Å². The maximum atomic E-state index is 11.5. The van der Waals surface area contributed by atoms with Gasteiger partial charge in [-0.2, -0.15) is 4.98 Å². The number of aromatic nitrogens is 3. The van der Waals surface area contributed by atoms with Crippen molar-refractivity contribution < 1.29 is 14.1 Å². The molecule has 2 aromatic heterocycles. The number of hydrogen-bond acceptors (Lipinski definition) is 8. The Morgan fingerprint density at radius 1 is 1.15 bits per heavy atom. The lowest BCUT2D eigenvalue weighted by Crippen LogP contribution is -2.00. The van der Waals surface area contributed by atoms with Gasteiger partial charge in [0.05, 0.1) is 28.6 Å². The molecule has 4 rings (SSSR count). The molecule has 2 aromatic carbocycles. The average molecular weight is 383 g/mol. The molecule has 0 aliphatic carbocycles. The van der Waals surface area contributed by atoms with Crippen LogP contribution in [-0.2, 0) is 10.5 Å². The van der Waals surface area contributed by atoms with Crippen molar-refractivity contribution in [1.29, 1.82) is 0 Å². The third kappa shape index (κ3) is 3.47. The summed E-state index contributed by atoms with van der Waals surface area (Å²) in [6.07, 6.45) is 0. The molecular formula is C18H13N3O3S2. The number of benzene rings is 2. The zero-order valence-corrected chi connectivity index (χ0v) is 15.3. The van der Waals surface area contributed by atoms with Gasteiger partial charge in [-0.1, -0.05) is 29.1 Å². The van der Waals surface area contributed by atoms with Crippen LogP contribution in [0.5, 0.6) is 0 Å². The standard InChI is InChI=1S/C18H13N3O3S2/c1-23-17(22)12-8-6-11(7-9-12)16-20-15(21-24-16)10-25-18-19-13-4-2-3-5-14(13)26-18/h2-9H,10H2,1H3. The Bertz CT molecular complexity index is 1020. The summed E-state index contributed by atoms with van der Waals surface area (Å²) in [4.78, 5) is 20.5. The topological polar surface area (TPSA) is 78.1 Å². The van der Waals surface area contributed by atoms with Crippen LogP contribution >= 0.6 is 23.1 Å². The van der Waals surface area contributed by atoms with Crippen molar-refractivity contribution in [2.45, 2.75) is 10.1 Å². The van der Waals surface area contributed by atoms with Crippen molar-refractivity contribution in [1.82, 2.24) is 15.1 Å². The number of thiazole rings is 1. The molecule has 26 heavy (non-hydrogen) atoms. The predicted molar refractivity (Wildman–Crippen MR) is 100 cm³/mol. The first-order valence-electron chi connectivity index (χ1n) is 7.72. The van der Waals surface area contributed by atoms with E-state index in [-0.39, 0.29) is 5.97 Å². The van der Waals surface area contributed by atoms with Gasteiger partial charge in [0.25, 0.3) is 5.89 Å². The number of para-hydroxylation sites is 1. The van der Waals surface area contributed by atoms with E-state index in [0.717, 1.165) is 20.1 Å². The monoisotopic (exact) mass is 383 g/mol. The Balaban J connectivity index is 1.45. The van der Waals surface area contributed by atoms with Gasteiger partial charge in [0.1, 0.15) is 0 Å². The van der Waals surface area contributed by atoms with Gasteiger partial charge in [-0.05, 0) is 36.4 Å². The normalized spacial score (nSPS) is 11.0. The zero-order chi connectivity index (χ0) is 17.9. The van der Waals surface area contributed by atoms with E-state index < -0.39 is 0 Å². The molecule has 0 amide bonds. The Labute approximate surface area is 157 Å². The van der Waals surface area contributed by atoms with E-state index in [1.165, 1.54) is 7.11 Å². The van der Waals surface area contributed by atoms with Gasteiger partial charge in [0.2, 0.25) is 0 Å². The second-order valence-electron chi connectivity index (χ2n) is 5.32. The molecule has 8 heteroatoms. The molecule has 0 fully saturated rings. The molecule has 0 aliphatic heterocycles. The summed E-state index contributed by atoms with van der Waals surface area (Å²) in [5.74, 6) is 1.21. The molecule has 4 aromatic rings. The van der Waals surface area contributed by atoms with Crippen LogP contribution in [0.1, 0.15) is 16.2 Å². The average Bonchev–Trinajstić information content (AvgIpc) is 3.32. The highest BCUT2D eigenvalue weighted by Crippen LogP contribution is 2.31. The van der Waals surface area contributed by atoms with Gasteiger partial charge in [0, 0.05) is 5.56 Å². The maximum Gasteiger partial charge on any atom is 0.337 e. The van der Waals surface area contributed by atoms with Crippen molar-refractivity contribution >= 4 is 39.3 Å². The van der Waals surface area contributed by atoms with Gasteiger partial charge in [-0.15, -0.1) is 11.3 Å². The minimum absolute atomic E-state index is 0.380. The molecule has 2 heterocycles. The summed E-state index contributed by atoms with van der Waals surface area (Å²) in [5, 5.41) is 4.01. The van der Waals surface area contributed by atoms with Gasteiger partial charge < -0.3 is 9.26 Å². The van der Waals surface area contributed by atoms with Crippen molar-refractivity contribution in [2.75, 3.05) is 7.11 Å². The molecule has 130 valence electrons. The van der Waals surface area contributed by atoms with Crippen LogP contribution in [0.15, 0.2) is 57.4 Å². The molecule has 0 unspecified atom stereocenters. The molecule has 0 radical (unpaired) electrons. The van der Waals surface area contributed by atoms with Gasteiger partial charge in [0.15, 0.2) is 10.2 Å². The Morgan fingerprint density at radius 2 is 1.96 bits per heavy atom. The van der Waals surface area contributed by atoms with Crippen LogP contribution in [0.2, 0.25) is 0 Å². The van der Waals surface area contributed by atoms with Gasteiger partial charge in [-0.25, -0.2) is 9.78 Å². The van der Waals surface area contributed by atoms with Crippen LogP contribution in [0.4, 0.5) is 0 Å². The Morgan fingerprint density at radius 3 is 2.73 bits per heavy atom. The van der Waals surface area contributed by atoms with Crippen LogP contribution in [0, 0.1) is 0 Å². The van der Waals surface area contributed by atoms with E-state index in [2.05, 4.69) is 25.9 Å². The molecule has 0 aliphatic rings. The molecule has 0 atom stereocenters.